The predicted octanol–water partition coefficient (Wildman–Crippen LogP) is 1.43. The monoisotopic (exact) mass is 237 g/mol. The first-order valence-electron chi connectivity index (χ1n) is 5.39. The van der Waals surface area contributed by atoms with Crippen LogP contribution in [0.2, 0.25) is 0 Å². The fourth-order valence-corrected chi connectivity index (χ4v) is 1.39. The zero-order chi connectivity index (χ0) is 12.3. The maximum absolute atomic E-state index is 11.0. The van der Waals surface area contributed by atoms with Crippen LogP contribution in [0.1, 0.15) is 6.92 Å². The van der Waals surface area contributed by atoms with Crippen LogP contribution in [0.25, 0.3) is 0 Å². The zero-order valence-electron chi connectivity index (χ0n) is 9.86. The maximum atomic E-state index is 11.0. The molecule has 0 unspecified atom stereocenters. The van der Waals surface area contributed by atoms with Gasteiger partial charge in [-0.15, -0.1) is 0 Å². The van der Waals surface area contributed by atoms with Gasteiger partial charge < -0.3 is 19.5 Å². The minimum Gasteiger partial charge on any atom is -0.497 e. The Hall–Kier alpha value is -1.75. The van der Waals surface area contributed by atoms with Gasteiger partial charge in [0, 0.05) is 13.0 Å². The lowest BCUT2D eigenvalue weighted by Gasteiger charge is -2.12. The first kappa shape index (κ1) is 11.7. The Kier molecular flexibility index (Phi) is 3.49. The smallest absolute Gasteiger partial charge is 0.221 e. The molecule has 1 amide bonds. The summed E-state index contributed by atoms with van der Waals surface area (Å²) >= 11 is 0. The van der Waals surface area contributed by atoms with E-state index in [4.69, 9.17) is 14.2 Å². The van der Waals surface area contributed by atoms with Crippen LogP contribution in [0, 0.1) is 0 Å². The number of hydrogen-bond acceptors (Lipinski definition) is 4. The molecule has 1 saturated heterocycles. The van der Waals surface area contributed by atoms with Crippen molar-refractivity contribution in [2.45, 2.75) is 13.0 Å². The summed E-state index contributed by atoms with van der Waals surface area (Å²) in [4.78, 5) is 11.0. The van der Waals surface area contributed by atoms with E-state index in [0.717, 1.165) is 6.61 Å². The molecular weight excluding hydrogens is 222 g/mol. The fourth-order valence-electron chi connectivity index (χ4n) is 1.39. The molecule has 0 aliphatic carbocycles. The van der Waals surface area contributed by atoms with E-state index < -0.39 is 0 Å². The molecule has 1 aromatic carbocycles. The van der Waals surface area contributed by atoms with Gasteiger partial charge in [-0.1, -0.05) is 0 Å². The summed E-state index contributed by atoms with van der Waals surface area (Å²) in [6.45, 7) is 2.68. The van der Waals surface area contributed by atoms with Gasteiger partial charge in [-0.25, -0.2) is 0 Å². The largest absolute Gasteiger partial charge is 0.497 e. The predicted molar refractivity (Wildman–Crippen MR) is 62.5 cm³/mol. The number of benzene rings is 1. The van der Waals surface area contributed by atoms with E-state index in [2.05, 4.69) is 5.32 Å². The summed E-state index contributed by atoms with van der Waals surface area (Å²) < 4.78 is 15.8. The molecule has 1 atom stereocenters. The Morgan fingerprint density at radius 2 is 2.35 bits per heavy atom. The number of hydrogen-bond donors (Lipinski definition) is 1. The molecule has 1 aliphatic heterocycles. The van der Waals surface area contributed by atoms with Gasteiger partial charge in [-0.2, -0.15) is 0 Å². The van der Waals surface area contributed by atoms with E-state index in [1.807, 2.05) is 0 Å². The van der Waals surface area contributed by atoms with Crippen LogP contribution in [0.5, 0.6) is 11.5 Å². The minimum atomic E-state index is -0.136. The minimum absolute atomic E-state index is 0.136. The molecule has 1 heterocycles. The Morgan fingerprint density at radius 1 is 1.59 bits per heavy atom. The second-order valence-electron chi connectivity index (χ2n) is 3.81. The molecule has 0 saturated carbocycles. The van der Waals surface area contributed by atoms with Gasteiger partial charge in [0.2, 0.25) is 5.91 Å². The average molecular weight is 237 g/mol. The third-order valence-corrected chi connectivity index (χ3v) is 2.33. The number of methoxy groups -OCH3 is 1. The van der Waals surface area contributed by atoms with Gasteiger partial charge in [-0.3, -0.25) is 4.79 Å². The van der Waals surface area contributed by atoms with Gasteiger partial charge in [0.1, 0.15) is 24.2 Å². The van der Waals surface area contributed by atoms with E-state index >= 15 is 0 Å². The van der Waals surface area contributed by atoms with Crippen LogP contribution in [0.4, 0.5) is 5.69 Å². The quantitative estimate of drug-likeness (QED) is 0.787. The maximum Gasteiger partial charge on any atom is 0.221 e. The lowest BCUT2D eigenvalue weighted by atomic mass is 10.2. The topological polar surface area (TPSA) is 60.1 Å². The van der Waals surface area contributed by atoms with Crippen molar-refractivity contribution in [2.75, 3.05) is 25.6 Å². The van der Waals surface area contributed by atoms with E-state index in [9.17, 15) is 4.79 Å². The summed E-state index contributed by atoms with van der Waals surface area (Å²) in [6.07, 6.45) is 0.173. The molecule has 1 aromatic rings. The van der Waals surface area contributed by atoms with Crippen LogP contribution in [0.3, 0.4) is 0 Å². The third-order valence-electron chi connectivity index (χ3n) is 2.33. The number of epoxide rings is 1. The Labute approximate surface area is 99.7 Å². The molecule has 2 rings (SSSR count). The molecular formula is C12H15NO4. The molecule has 0 radical (unpaired) electrons. The van der Waals surface area contributed by atoms with Crippen molar-refractivity contribution < 1.29 is 19.0 Å². The van der Waals surface area contributed by atoms with Crippen molar-refractivity contribution in [3.8, 4) is 11.5 Å². The fraction of sp³-hybridized carbons (Fsp3) is 0.417. The Morgan fingerprint density at radius 3 is 2.94 bits per heavy atom. The molecule has 5 nitrogen and oxygen atoms in total. The summed E-state index contributed by atoms with van der Waals surface area (Å²) in [5.74, 6) is 1.14. The molecule has 1 fully saturated rings. The standard InChI is InChI=1S/C12H15NO4/c1-8(14)13-11-4-3-9(15-2)5-12(11)17-7-10-6-16-10/h3-5,10H,6-7H2,1-2H3,(H,13,14)/t10-/m0/s1. The number of anilines is 1. The average Bonchev–Trinajstić information content (AvgIpc) is 3.11. The van der Waals surface area contributed by atoms with Gasteiger partial charge >= 0.3 is 0 Å². The van der Waals surface area contributed by atoms with Gasteiger partial charge in [0.25, 0.3) is 0 Å². The number of amides is 1. The highest BCUT2D eigenvalue weighted by Crippen LogP contribution is 2.30. The highest BCUT2D eigenvalue weighted by atomic mass is 16.6. The van der Waals surface area contributed by atoms with Gasteiger partial charge in [0.15, 0.2) is 0 Å². The van der Waals surface area contributed by atoms with Crippen LogP contribution in [-0.4, -0.2) is 32.3 Å². The second-order valence-corrected chi connectivity index (χ2v) is 3.81. The van der Waals surface area contributed by atoms with Crippen LogP contribution >= 0.6 is 0 Å². The molecule has 17 heavy (non-hydrogen) atoms. The molecule has 1 N–H and O–H groups in total. The molecule has 5 heteroatoms. The first-order valence-corrected chi connectivity index (χ1v) is 5.39. The van der Waals surface area contributed by atoms with E-state index in [1.165, 1.54) is 6.92 Å². The Bertz CT molecular complexity index is 415. The summed E-state index contributed by atoms with van der Waals surface area (Å²) in [5.41, 5.74) is 0.638. The lowest BCUT2D eigenvalue weighted by Crippen LogP contribution is -2.10. The van der Waals surface area contributed by atoms with Crippen molar-refractivity contribution in [1.29, 1.82) is 0 Å². The highest BCUT2D eigenvalue weighted by Gasteiger charge is 2.23. The summed E-state index contributed by atoms with van der Waals surface area (Å²) in [6, 6.07) is 5.27. The van der Waals surface area contributed by atoms with Crippen molar-refractivity contribution in [3.05, 3.63) is 18.2 Å². The SMILES string of the molecule is COc1ccc(NC(C)=O)c(OC[C@@H]2CO2)c1. The summed E-state index contributed by atoms with van der Waals surface area (Å²) in [5, 5.41) is 2.71. The normalized spacial score (nSPS) is 17.4. The number of nitrogens with one attached hydrogen (secondary N) is 1. The van der Waals surface area contributed by atoms with Crippen molar-refractivity contribution in [1.82, 2.24) is 0 Å². The van der Waals surface area contributed by atoms with E-state index in [1.54, 1.807) is 25.3 Å². The molecule has 0 bridgehead atoms. The molecule has 0 spiro atoms. The molecule has 0 aromatic heterocycles. The second kappa shape index (κ2) is 5.05. The first-order chi connectivity index (χ1) is 8.19. The van der Waals surface area contributed by atoms with E-state index in [0.29, 0.717) is 23.8 Å². The summed E-state index contributed by atoms with van der Waals surface area (Å²) in [7, 11) is 1.58. The molecule has 92 valence electrons. The van der Waals surface area contributed by atoms with Gasteiger partial charge in [0.05, 0.1) is 19.4 Å². The van der Waals surface area contributed by atoms with Crippen molar-refractivity contribution in [2.24, 2.45) is 0 Å². The van der Waals surface area contributed by atoms with Gasteiger partial charge in [-0.05, 0) is 12.1 Å². The van der Waals surface area contributed by atoms with Crippen LogP contribution in [0.15, 0.2) is 18.2 Å². The highest BCUT2D eigenvalue weighted by molar-refractivity contribution is 5.90. The lowest BCUT2D eigenvalue weighted by molar-refractivity contribution is -0.114. The number of carbonyl (C=O) groups is 1. The number of rotatable bonds is 5. The van der Waals surface area contributed by atoms with E-state index in [-0.39, 0.29) is 12.0 Å². The Balaban J connectivity index is 2.12. The van der Waals surface area contributed by atoms with Crippen molar-refractivity contribution in [3.63, 3.8) is 0 Å². The molecule has 1 aliphatic rings. The van der Waals surface area contributed by atoms with Crippen LogP contribution in [-0.2, 0) is 9.53 Å². The number of ether oxygens (including phenoxy) is 3. The number of carbonyl (C=O) groups excluding carboxylic acids is 1. The zero-order valence-corrected chi connectivity index (χ0v) is 9.86. The van der Waals surface area contributed by atoms with Crippen LogP contribution < -0.4 is 14.8 Å². The van der Waals surface area contributed by atoms with Crippen molar-refractivity contribution >= 4 is 11.6 Å². The third kappa shape index (κ3) is 3.35.